The van der Waals surface area contributed by atoms with E-state index in [9.17, 15) is 19.8 Å². The predicted molar refractivity (Wildman–Crippen MR) is 120 cm³/mol. The summed E-state index contributed by atoms with van der Waals surface area (Å²) in [5.41, 5.74) is 10.8. The summed E-state index contributed by atoms with van der Waals surface area (Å²) in [7, 11) is 0. The zero-order valence-corrected chi connectivity index (χ0v) is 19.5. The fourth-order valence-electron chi connectivity index (χ4n) is 2.69. The van der Waals surface area contributed by atoms with Gasteiger partial charge in [0.2, 0.25) is 0 Å². The van der Waals surface area contributed by atoms with E-state index in [0.29, 0.717) is 45.2 Å². The molecule has 0 aliphatic carbocycles. The van der Waals surface area contributed by atoms with Gasteiger partial charge in [-0.05, 0) is 45.2 Å². The Labute approximate surface area is 191 Å². The van der Waals surface area contributed by atoms with Gasteiger partial charge in [0.15, 0.2) is 6.29 Å². The smallest absolute Gasteiger partial charge is 0.305 e. The fraction of sp³-hybridized carbons (Fsp3) is 0.909. The van der Waals surface area contributed by atoms with E-state index in [2.05, 4.69) is 0 Å². The van der Waals surface area contributed by atoms with Crippen LogP contribution in [0.1, 0.15) is 71.1 Å². The van der Waals surface area contributed by atoms with E-state index in [0.717, 1.165) is 32.1 Å². The van der Waals surface area contributed by atoms with Gasteiger partial charge in [0, 0.05) is 12.8 Å². The average molecular weight is 465 g/mol. The number of carbonyl (C=O) groups excluding carboxylic acids is 2. The third-order valence-corrected chi connectivity index (χ3v) is 4.52. The lowest BCUT2D eigenvalue weighted by Gasteiger charge is -2.21. The maximum Gasteiger partial charge on any atom is 0.305 e. The SMILES string of the molecule is CCCC(OCC(O)COC(=O)CCCCCN)OCC(O)COC(=O)CCCCCN. The third kappa shape index (κ3) is 19.4. The molecule has 0 aliphatic rings. The molecule has 2 atom stereocenters. The Morgan fingerprint density at radius 1 is 0.719 bits per heavy atom. The van der Waals surface area contributed by atoms with Crippen LogP contribution in [0.2, 0.25) is 0 Å². The van der Waals surface area contributed by atoms with Crippen molar-refractivity contribution in [2.75, 3.05) is 39.5 Å². The van der Waals surface area contributed by atoms with Gasteiger partial charge in [0.1, 0.15) is 25.4 Å². The molecule has 0 aromatic heterocycles. The van der Waals surface area contributed by atoms with Crippen LogP contribution in [0.15, 0.2) is 0 Å². The highest BCUT2D eigenvalue weighted by molar-refractivity contribution is 5.69. The summed E-state index contributed by atoms with van der Waals surface area (Å²) >= 11 is 0. The van der Waals surface area contributed by atoms with Crippen LogP contribution >= 0.6 is 0 Å². The van der Waals surface area contributed by atoms with E-state index in [-0.39, 0.29) is 38.4 Å². The Hall–Kier alpha value is -1.30. The molecule has 0 fully saturated rings. The van der Waals surface area contributed by atoms with E-state index in [1.807, 2.05) is 6.92 Å². The second-order valence-electron chi connectivity index (χ2n) is 7.76. The first-order valence-electron chi connectivity index (χ1n) is 11.7. The third-order valence-electron chi connectivity index (χ3n) is 4.52. The maximum atomic E-state index is 11.6. The lowest BCUT2D eigenvalue weighted by atomic mass is 10.2. The van der Waals surface area contributed by atoms with Gasteiger partial charge in [0.25, 0.3) is 0 Å². The summed E-state index contributed by atoms with van der Waals surface area (Å²) in [6.45, 7) is 2.70. The molecule has 0 saturated carbocycles. The Morgan fingerprint density at radius 2 is 1.16 bits per heavy atom. The first-order valence-corrected chi connectivity index (χ1v) is 11.7. The highest BCUT2D eigenvalue weighted by Crippen LogP contribution is 2.08. The van der Waals surface area contributed by atoms with E-state index in [1.165, 1.54) is 0 Å². The Bertz CT molecular complexity index is 429. The lowest BCUT2D eigenvalue weighted by molar-refractivity contribution is -0.183. The zero-order valence-electron chi connectivity index (χ0n) is 19.5. The molecule has 0 aromatic rings. The summed E-state index contributed by atoms with van der Waals surface area (Å²) in [5, 5.41) is 19.9. The van der Waals surface area contributed by atoms with Gasteiger partial charge in [-0.1, -0.05) is 26.2 Å². The van der Waals surface area contributed by atoms with Gasteiger partial charge in [-0.2, -0.15) is 0 Å². The van der Waals surface area contributed by atoms with Gasteiger partial charge in [-0.15, -0.1) is 0 Å². The predicted octanol–water partition coefficient (Wildman–Crippen LogP) is 0.992. The normalized spacial score (nSPS) is 14.0. The number of unbranched alkanes of at least 4 members (excludes halogenated alkanes) is 4. The lowest BCUT2D eigenvalue weighted by Crippen LogP contribution is -2.31. The molecule has 0 amide bonds. The Morgan fingerprint density at radius 3 is 1.53 bits per heavy atom. The summed E-state index contributed by atoms with van der Waals surface area (Å²) in [6, 6.07) is 0. The minimum atomic E-state index is -0.976. The zero-order chi connectivity index (χ0) is 24.0. The first-order chi connectivity index (χ1) is 15.4. The van der Waals surface area contributed by atoms with Crippen molar-refractivity contribution in [2.24, 2.45) is 11.5 Å². The second-order valence-corrected chi connectivity index (χ2v) is 7.76. The number of rotatable bonds is 22. The van der Waals surface area contributed by atoms with Crippen molar-refractivity contribution < 1.29 is 38.7 Å². The van der Waals surface area contributed by atoms with Crippen LogP contribution in [0.5, 0.6) is 0 Å². The number of carbonyl (C=O) groups is 2. The van der Waals surface area contributed by atoms with Gasteiger partial charge in [0.05, 0.1) is 13.2 Å². The molecule has 2 unspecified atom stereocenters. The topological polar surface area (TPSA) is 164 Å². The largest absolute Gasteiger partial charge is 0.463 e. The molecule has 190 valence electrons. The van der Waals surface area contributed by atoms with Crippen molar-refractivity contribution in [3.05, 3.63) is 0 Å². The van der Waals surface area contributed by atoms with Crippen LogP contribution in [0, 0.1) is 0 Å². The first kappa shape index (κ1) is 30.7. The number of ether oxygens (including phenoxy) is 4. The van der Waals surface area contributed by atoms with Crippen molar-refractivity contribution >= 4 is 11.9 Å². The van der Waals surface area contributed by atoms with Crippen molar-refractivity contribution in [3.8, 4) is 0 Å². The van der Waals surface area contributed by atoms with Crippen LogP contribution in [0.4, 0.5) is 0 Å². The monoisotopic (exact) mass is 464 g/mol. The second kappa shape index (κ2) is 21.5. The number of hydrogen-bond acceptors (Lipinski definition) is 10. The summed E-state index contributed by atoms with van der Waals surface area (Å²) < 4.78 is 21.1. The molecule has 10 nitrogen and oxygen atoms in total. The molecule has 0 bridgehead atoms. The number of aliphatic hydroxyl groups excluding tert-OH is 2. The van der Waals surface area contributed by atoms with Gasteiger partial charge < -0.3 is 40.6 Å². The molecule has 0 saturated heterocycles. The number of aliphatic hydroxyl groups is 2. The minimum absolute atomic E-state index is 0.0704. The van der Waals surface area contributed by atoms with Crippen LogP contribution in [0.3, 0.4) is 0 Å². The highest BCUT2D eigenvalue weighted by atomic mass is 16.7. The molecular weight excluding hydrogens is 420 g/mol. The van der Waals surface area contributed by atoms with Gasteiger partial charge >= 0.3 is 11.9 Å². The maximum absolute atomic E-state index is 11.6. The standard InChI is InChI=1S/C22H44N2O8/c1-2-9-22(31-16-18(25)14-29-20(27)10-5-3-7-12-23)32-17-19(26)15-30-21(28)11-6-4-8-13-24/h18-19,22,25-26H,2-17,23-24H2,1H3. The molecule has 6 N–H and O–H groups in total. The van der Waals surface area contributed by atoms with E-state index in [4.69, 9.17) is 30.4 Å². The molecule has 10 heteroatoms. The number of hydrogen-bond donors (Lipinski definition) is 4. The van der Waals surface area contributed by atoms with Crippen molar-refractivity contribution in [2.45, 2.75) is 89.6 Å². The van der Waals surface area contributed by atoms with Gasteiger partial charge in [-0.3, -0.25) is 9.59 Å². The van der Waals surface area contributed by atoms with Crippen LogP contribution in [-0.2, 0) is 28.5 Å². The minimum Gasteiger partial charge on any atom is -0.463 e. The number of nitrogens with two attached hydrogens (primary N) is 2. The Balaban J connectivity index is 3.99. The molecule has 32 heavy (non-hydrogen) atoms. The Kier molecular flexibility index (Phi) is 20.7. The summed E-state index contributed by atoms with van der Waals surface area (Å²) in [4.78, 5) is 23.3. The summed E-state index contributed by atoms with van der Waals surface area (Å²) in [6.07, 6.45) is 4.23. The van der Waals surface area contributed by atoms with Crippen LogP contribution < -0.4 is 11.5 Å². The summed E-state index contributed by atoms with van der Waals surface area (Å²) in [5.74, 6) is -0.723. The van der Waals surface area contributed by atoms with Crippen molar-refractivity contribution in [1.82, 2.24) is 0 Å². The molecule has 0 aliphatic heterocycles. The quantitative estimate of drug-likeness (QED) is 0.103. The fourth-order valence-corrected chi connectivity index (χ4v) is 2.69. The molecule has 0 radical (unpaired) electrons. The molecular formula is C22H44N2O8. The average Bonchev–Trinajstić information content (AvgIpc) is 2.78. The van der Waals surface area contributed by atoms with Crippen LogP contribution in [0.25, 0.3) is 0 Å². The van der Waals surface area contributed by atoms with E-state index < -0.39 is 18.5 Å². The van der Waals surface area contributed by atoms with E-state index in [1.54, 1.807) is 0 Å². The molecule has 0 aromatic carbocycles. The molecule has 0 heterocycles. The molecule has 0 spiro atoms. The van der Waals surface area contributed by atoms with Gasteiger partial charge in [-0.25, -0.2) is 0 Å². The molecule has 0 rings (SSSR count). The van der Waals surface area contributed by atoms with Crippen molar-refractivity contribution in [1.29, 1.82) is 0 Å². The number of esters is 2. The van der Waals surface area contributed by atoms with E-state index >= 15 is 0 Å². The highest BCUT2D eigenvalue weighted by Gasteiger charge is 2.16. The van der Waals surface area contributed by atoms with Crippen molar-refractivity contribution in [3.63, 3.8) is 0 Å². The van der Waals surface area contributed by atoms with Crippen LogP contribution in [-0.4, -0.2) is 80.2 Å².